The van der Waals surface area contributed by atoms with Crippen LogP contribution in [0.3, 0.4) is 0 Å². The van der Waals surface area contributed by atoms with Crippen molar-refractivity contribution in [2.45, 2.75) is 6.92 Å². The predicted octanol–water partition coefficient (Wildman–Crippen LogP) is 1.55. The van der Waals surface area contributed by atoms with Crippen molar-refractivity contribution in [3.63, 3.8) is 0 Å². The Labute approximate surface area is 94.2 Å². The number of hydrogen-bond acceptors (Lipinski definition) is 3. The average molecular weight is 225 g/mol. The summed E-state index contributed by atoms with van der Waals surface area (Å²) in [5.74, 6) is -0.254. The number of aliphatic hydroxyl groups is 1. The fraction of sp³-hybridized carbons (Fsp3) is 0.500. The number of ether oxygens (including phenoxy) is 1. The van der Waals surface area contributed by atoms with Crippen molar-refractivity contribution in [3.8, 4) is 0 Å². The maximum Gasteiger partial charge on any atom is 0.125 e. The van der Waals surface area contributed by atoms with Crippen molar-refractivity contribution >= 4 is 5.69 Å². The molecule has 88 valence electrons. The first-order chi connectivity index (χ1) is 7.65. The molecule has 4 heteroatoms. The van der Waals surface area contributed by atoms with E-state index in [4.69, 9.17) is 4.74 Å². The van der Waals surface area contributed by atoms with Crippen LogP contribution in [0.25, 0.3) is 0 Å². The van der Waals surface area contributed by atoms with Crippen molar-refractivity contribution in [3.05, 3.63) is 29.6 Å². The highest BCUT2D eigenvalue weighted by molar-refractivity contribution is 5.50. The predicted molar refractivity (Wildman–Crippen MR) is 60.0 cm³/mol. The Kier molecular flexibility index (Phi) is 3.12. The minimum absolute atomic E-state index is 0.0916. The fourth-order valence-corrected chi connectivity index (χ4v) is 1.71. The summed E-state index contributed by atoms with van der Waals surface area (Å²) in [6.07, 6.45) is 0. The molecule has 1 aliphatic rings. The van der Waals surface area contributed by atoms with E-state index < -0.39 is 0 Å². The summed E-state index contributed by atoms with van der Waals surface area (Å²) in [4.78, 5) is 0. The number of hydrogen-bond donors (Lipinski definition) is 2. The zero-order chi connectivity index (χ0) is 11.6. The van der Waals surface area contributed by atoms with Crippen LogP contribution in [0.4, 0.5) is 10.1 Å². The maximum absolute atomic E-state index is 13.0. The van der Waals surface area contributed by atoms with Crippen molar-refractivity contribution < 1.29 is 14.2 Å². The number of aliphatic hydroxyl groups excluding tert-OH is 1. The minimum atomic E-state index is -0.254. The van der Waals surface area contributed by atoms with E-state index in [0.29, 0.717) is 19.8 Å². The molecule has 1 heterocycles. The van der Waals surface area contributed by atoms with Crippen molar-refractivity contribution in [2.75, 3.05) is 31.7 Å². The second-order valence-corrected chi connectivity index (χ2v) is 4.46. The van der Waals surface area contributed by atoms with Crippen LogP contribution in [0.15, 0.2) is 18.2 Å². The molecule has 0 radical (unpaired) electrons. The molecule has 1 fully saturated rings. The molecule has 0 saturated carbocycles. The van der Waals surface area contributed by atoms with E-state index in [1.807, 2.05) is 6.92 Å². The van der Waals surface area contributed by atoms with Crippen LogP contribution < -0.4 is 5.32 Å². The van der Waals surface area contributed by atoms with E-state index in [2.05, 4.69) is 5.32 Å². The van der Waals surface area contributed by atoms with Gasteiger partial charge in [0.25, 0.3) is 0 Å². The number of halogens is 1. The number of benzene rings is 1. The quantitative estimate of drug-likeness (QED) is 0.817. The van der Waals surface area contributed by atoms with Gasteiger partial charge >= 0.3 is 0 Å². The van der Waals surface area contributed by atoms with Gasteiger partial charge in [0.15, 0.2) is 0 Å². The molecule has 16 heavy (non-hydrogen) atoms. The standard InChI is InChI=1S/C12H16FNO2/c1-9-2-3-10(13)4-11(9)14-5-12(6-15)7-16-8-12/h2-4,14-15H,5-8H2,1H3. The van der Waals surface area contributed by atoms with E-state index in [9.17, 15) is 9.50 Å². The average Bonchev–Trinajstić information content (AvgIpc) is 2.22. The van der Waals surface area contributed by atoms with E-state index in [1.165, 1.54) is 12.1 Å². The molecule has 2 N–H and O–H groups in total. The fourth-order valence-electron chi connectivity index (χ4n) is 1.71. The second-order valence-electron chi connectivity index (χ2n) is 4.46. The number of rotatable bonds is 4. The third-order valence-electron chi connectivity index (χ3n) is 3.01. The molecule has 1 aliphatic heterocycles. The Balaban J connectivity index is 2.01. The van der Waals surface area contributed by atoms with Crippen LogP contribution in [0.5, 0.6) is 0 Å². The number of anilines is 1. The zero-order valence-corrected chi connectivity index (χ0v) is 9.29. The third kappa shape index (κ3) is 2.18. The van der Waals surface area contributed by atoms with Crippen LogP contribution in [0.1, 0.15) is 5.56 Å². The molecular weight excluding hydrogens is 209 g/mol. The third-order valence-corrected chi connectivity index (χ3v) is 3.01. The molecule has 0 aromatic heterocycles. The lowest BCUT2D eigenvalue weighted by Crippen LogP contribution is -2.50. The van der Waals surface area contributed by atoms with Crippen molar-refractivity contribution in [2.24, 2.45) is 5.41 Å². The first-order valence-corrected chi connectivity index (χ1v) is 5.34. The van der Waals surface area contributed by atoms with E-state index in [-0.39, 0.29) is 17.8 Å². The van der Waals surface area contributed by atoms with Gasteiger partial charge in [-0.25, -0.2) is 4.39 Å². The summed E-state index contributed by atoms with van der Waals surface area (Å²) in [5.41, 5.74) is 1.58. The van der Waals surface area contributed by atoms with Crippen molar-refractivity contribution in [1.82, 2.24) is 0 Å². The molecule has 1 aromatic carbocycles. The van der Waals surface area contributed by atoms with Crippen LogP contribution in [0, 0.1) is 18.2 Å². The highest BCUT2D eigenvalue weighted by Gasteiger charge is 2.37. The van der Waals surface area contributed by atoms with Crippen LogP contribution in [0.2, 0.25) is 0 Å². The van der Waals surface area contributed by atoms with Gasteiger partial charge in [-0.2, -0.15) is 0 Å². The summed E-state index contributed by atoms with van der Waals surface area (Å²) in [6.45, 7) is 3.74. The number of nitrogens with one attached hydrogen (secondary N) is 1. The number of aryl methyl sites for hydroxylation is 1. The molecule has 0 amide bonds. The molecule has 3 nitrogen and oxygen atoms in total. The van der Waals surface area contributed by atoms with Crippen LogP contribution in [-0.2, 0) is 4.74 Å². The molecule has 2 rings (SSSR count). The van der Waals surface area contributed by atoms with Gasteiger partial charge in [-0.15, -0.1) is 0 Å². The molecule has 0 unspecified atom stereocenters. The van der Waals surface area contributed by atoms with E-state index in [0.717, 1.165) is 11.3 Å². The summed E-state index contributed by atoms with van der Waals surface area (Å²) < 4.78 is 18.1. The molecule has 0 spiro atoms. The van der Waals surface area contributed by atoms with Crippen molar-refractivity contribution in [1.29, 1.82) is 0 Å². The Morgan fingerprint density at radius 1 is 1.50 bits per heavy atom. The maximum atomic E-state index is 13.0. The van der Waals surface area contributed by atoms with Gasteiger partial charge in [-0.3, -0.25) is 0 Å². The summed E-state index contributed by atoms with van der Waals surface area (Å²) >= 11 is 0. The Morgan fingerprint density at radius 3 is 2.81 bits per heavy atom. The monoisotopic (exact) mass is 225 g/mol. The summed E-state index contributed by atoms with van der Waals surface area (Å²) in [6, 6.07) is 4.65. The van der Waals surface area contributed by atoms with Crippen LogP contribution >= 0.6 is 0 Å². The van der Waals surface area contributed by atoms with E-state index >= 15 is 0 Å². The lowest BCUT2D eigenvalue weighted by Gasteiger charge is -2.40. The lowest BCUT2D eigenvalue weighted by atomic mass is 9.87. The van der Waals surface area contributed by atoms with Gasteiger partial charge in [-0.1, -0.05) is 6.07 Å². The topological polar surface area (TPSA) is 41.5 Å². The largest absolute Gasteiger partial charge is 0.396 e. The molecule has 0 aliphatic carbocycles. The van der Waals surface area contributed by atoms with Gasteiger partial charge in [0.05, 0.1) is 25.2 Å². The Morgan fingerprint density at radius 2 is 2.25 bits per heavy atom. The highest BCUT2D eigenvalue weighted by atomic mass is 19.1. The highest BCUT2D eigenvalue weighted by Crippen LogP contribution is 2.28. The molecule has 0 atom stereocenters. The molecule has 1 aromatic rings. The van der Waals surface area contributed by atoms with Gasteiger partial charge in [0, 0.05) is 12.2 Å². The molecule has 0 bridgehead atoms. The smallest absolute Gasteiger partial charge is 0.125 e. The Bertz CT molecular complexity index is 372. The molecular formula is C12H16FNO2. The van der Waals surface area contributed by atoms with Gasteiger partial charge in [-0.05, 0) is 24.6 Å². The van der Waals surface area contributed by atoms with Gasteiger partial charge in [0.2, 0.25) is 0 Å². The first kappa shape index (κ1) is 11.4. The molecule has 1 saturated heterocycles. The SMILES string of the molecule is Cc1ccc(F)cc1NCC1(CO)COC1. The normalized spacial score (nSPS) is 17.9. The minimum Gasteiger partial charge on any atom is -0.396 e. The van der Waals surface area contributed by atoms with E-state index in [1.54, 1.807) is 6.07 Å². The Hall–Kier alpha value is -1.13. The second kappa shape index (κ2) is 4.39. The summed E-state index contributed by atoms with van der Waals surface area (Å²) in [7, 11) is 0. The van der Waals surface area contributed by atoms with Crippen LogP contribution in [-0.4, -0.2) is 31.5 Å². The summed E-state index contributed by atoms with van der Waals surface area (Å²) in [5, 5.41) is 12.4. The zero-order valence-electron chi connectivity index (χ0n) is 9.29. The lowest BCUT2D eigenvalue weighted by molar-refractivity contribution is -0.128. The van der Waals surface area contributed by atoms with Gasteiger partial charge < -0.3 is 15.2 Å². The van der Waals surface area contributed by atoms with Gasteiger partial charge in [0.1, 0.15) is 5.82 Å². The first-order valence-electron chi connectivity index (χ1n) is 5.34.